The molecule has 3 heterocycles. The van der Waals surface area contributed by atoms with Crippen molar-refractivity contribution in [3.05, 3.63) is 101 Å². The van der Waals surface area contributed by atoms with Crippen LogP contribution in [0.4, 0.5) is 0 Å². The number of carbonyl (C=O) groups is 1. The topological polar surface area (TPSA) is 73.8 Å². The first kappa shape index (κ1) is 19.2. The van der Waals surface area contributed by atoms with Gasteiger partial charge >= 0.3 is 0 Å². The van der Waals surface area contributed by atoms with Gasteiger partial charge in [-0.05, 0) is 36.8 Å². The Labute approximate surface area is 183 Å². The van der Waals surface area contributed by atoms with E-state index in [1.54, 1.807) is 12.3 Å². The van der Waals surface area contributed by atoms with E-state index in [1.807, 2.05) is 55.5 Å². The van der Waals surface area contributed by atoms with Gasteiger partial charge in [-0.3, -0.25) is 4.79 Å². The Morgan fingerprint density at radius 2 is 1.87 bits per heavy atom. The SMILES string of the molecule is Cc1c(C(=O)c2cnc(-c3ccncn3)o2)c2ccccc2n1Cc1ccc(Cl)cc1. The average molecular weight is 429 g/mol. The summed E-state index contributed by atoms with van der Waals surface area (Å²) in [5.74, 6) is 0.246. The van der Waals surface area contributed by atoms with Gasteiger partial charge in [0, 0.05) is 34.4 Å². The summed E-state index contributed by atoms with van der Waals surface area (Å²) in [5, 5.41) is 1.57. The predicted octanol–water partition coefficient (Wildman–Crippen LogP) is 5.33. The molecule has 2 aromatic carbocycles. The van der Waals surface area contributed by atoms with Crippen molar-refractivity contribution in [2.75, 3.05) is 0 Å². The van der Waals surface area contributed by atoms with E-state index in [4.69, 9.17) is 16.0 Å². The number of para-hydroxylation sites is 1. The molecule has 0 radical (unpaired) electrons. The summed E-state index contributed by atoms with van der Waals surface area (Å²) in [4.78, 5) is 25.7. The number of ketones is 1. The van der Waals surface area contributed by atoms with Crippen molar-refractivity contribution in [2.45, 2.75) is 13.5 Å². The minimum atomic E-state index is -0.212. The summed E-state index contributed by atoms with van der Waals surface area (Å²) in [6.07, 6.45) is 4.46. The second-order valence-electron chi connectivity index (χ2n) is 7.14. The molecule has 5 aromatic rings. The fraction of sp³-hybridized carbons (Fsp3) is 0.0833. The van der Waals surface area contributed by atoms with Gasteiger partial charge in [-0.1, -0.05) is 41.9 Å². The fourth-order valence-electron chi connectivity index (χ4n) is 3.73. The summed E-state index contributed by atoms with van der Waals surface area (Å²) in [7, 11) is 0. The molecule has 0 amide bonds. The number of aromatic nitrogens is 4. The Morgan fingerprint density at radius 1 is 1.06 bits per heavy atom. The lowest BCUT2D eigenvalue weighted by Crippen LogP contribution is -2.05. The normalized spacial score (nSPS) is 11.2. The molecule has 31 heavy (non-hydrogen) atoms. The summed E-state index contributed by atoms with van der Waals surface area (Å²) >= 11 is 6.03. The number of halogens is 1. The van der Waals surface area contributed by atoms with Gasteiger partial charge in [0.05, 0.1) is 11.8 Å². The monoisotopic (exact) mass is 428 g/mol. The molecule has 5 rings (SSSR count). The first-order chi connectivity index (χ1) is 15.1. The highest BCUT2D eigenvalue weighted by Crippen LogP contribution is 2.30. The standard InChI is InChI=1S/C24H17ClN4O2/c1-15-22(23(30)21-12-27-24(31-21)19-10-11-26-14-28-19)18-4-2-3-5-20(18)29(15)13-16-6-8-17(25)9-7-16/h2-12,14H,13H2,1H3. The largest absolute Gasteiger partial charge is 0.431 e. The van der Waals surface area contributed by atoms with E-state index >= 15 is 0 Å². The molecule has 0 atom stereocenters. The molecule has 0 unspecified atom stereocenters. The summed E-state index contributed by atoms with van der Waals surface area (Å²) in [6, 6.07) is 17.3. The van der Waals surface area contributed by atoms with Gasteiger partial charge in [-0.2, -0.15) is 0 Å². The molecule has 152 valence electrons. The van der Waals surface area contributed by atoms with Gasteiger partial charge < -0.3 is 8.98 Å². The van der Waals surface area contributed by atoms with E-state index in [0.29, 0.717) is 22.8 Å². The van der Waals surface area contributed by atoms with Crippen molar-refractivity contribution in [3.63, 3.8) is 0 Å². The Balaban J connectivity index is 1.57. The number of fused-ring (bicyclic) bond motifs is 1. The number of benzene rings is 2. The van der Waals surface area contributed by atoms with Gasteiger partial charge in [0.2, 0.25) is 11.7 Å². The highest BCUT2D eigenvalue weighted by Gasteiger charge is 2.24. The quantitative estimate of drug-likeness (QED) is 0.354. The lowest BCUT2D eigenvalue weighted by Gasteiger charge is -2.09. The lowest BCUT2D eigenvalue weighted by atomic mass is 10.1. The van der Waals surface area contributed by atoms with Crippen molar-refractivity contribution >= 4 is 28.3 Å². The van der Waals surface area contributed by atoms with Crippen LogP contribution in [0.1, 0.15) is 27.4 Å². The van der Waals surface area contributed by atoms with E-state index in [0.717, 1.165) is 22.2 Å². The third-order valence-corrected chi connectivity index (χ3v) is 5.49. The number of oxazole rings is 1. The molecule has 0 bridgehead atoms. The molecule has 7 heteroatoms. The number of rotatable bonds is 5. The van der Waals surface area contributed by atoms with Gasteiger partial charge in [0.15, 0.2) is 5.76 Å². The number of hydrogen-bond donors (Lipinski definition) is 0. The van der Waals surface area contributed by atoms with Crippen LogP contribution in [-0.2, 0) is 6.54 Å². The molecule has 0 fully saturated rings. The minimum Gasteiger partial charge on any atom is -0.431 e. The van der Waals surface area contributed by atoms with Crippen molar-refractivity contribution in [2.24, 2.45) is 0 Å². The zero-order valence-electron chi connectivity index (χ0n) is 16.6. The third kappa shape index (κ3) is 3.51. The van der Waals surface area contributed by atoms with E-state index in [1.165, 1.54) is 12.5 Å². The zero-order valence-corrected chi connectivity index (χ0v) is 17.4. The van der Waals surface area contributed by atoms with Crippen molar-refractivity contribution in [1.29, 1.82) is 0 Å². The Morgan fingerprint density at radius 3 is 2.65 bits per heavy atom. The number of nitrogens with zero attached hydrogens (tertiary/aromatic N) is 4. The van der Waals surface area contributed by atoms with Crippen LogP contribution in [0.15, 0.2) is 77.7 Å². The molecule has 0 aliphatic heterocycles. The molecule has 0 N–H and O–H groups in total. The number of hydrogen-bond acceptors (Lipinski definition) is 5. The molecular weight excluding hydrogens is 412 g/mol. The minimum absolute atomic E-state index is 0.172. The van der Waals surface area contributed by atoms with Crippen LogP contribution in [0.25, 0.3) is 22.5 Å². The molecule has 0 spiro atoms. The van der Waals surface area contributed by atoms with E-state index in [-0.39, 0.29) is 17.4 Å². The Kier molecular flexibility index (Phi) is 4.84. The van der Waals surface area contributed by atoms with E-state index in [9.17, 15) is 4.79 Å². The second-order valence-corrected chi connectivity index (χ2v) is 7.58. The second kappa shape index (κ2) is 7.81. The van der Waals surface area contributed by atoms with Gasteiger partial charge in [-0.15, -0.1) is 0 Å². The molecule has 0 saturated heterocycles. The highest BCUT2D eigenvalue weighted by molar-refractivity contribution is 6.30. The molecule has 3 aromatic heterocycles. The summed E-state index contributed by atoms with van der Waals surface area (Å²) < 4.78 is 7.89. The first-order valence-electron chi connectivity index (χ1n) is 9.71. The average Bonchev–Trinajstić information content (AvgIpc) is 3.40. The molecule has 0 saturated carbocycles. The van der Waals surface area contributed by atoms with Crippen molar-refractivity contribution < 1.29 is 9.21 Å². The van der Waals surface area contributed by atoms with Crippen LogP contribution in [0.5, 0.6) is 0 Å². The van der Waals surface area contributed by atoms with Crippen LogP contribution in [0, 0.1) is 6.92 Å². The van der Waals surface area contributed by atoms with Crippen LogP contribution < -0.4 is 0 Å². The third-order valence-electron chi connectivity index (χ3n) is 5.24. The maximum Gasteiger partial charge on any atom is 0.245 e. The van der Waals surface area contributed by atoms with Gasteiger partial charge in [0.1, 0.15) is 12.0 Å². The molecule has 0 aliphatic carbocycles. The molecular formula is C24H17ClN4O2. The zero-order chi connectivity index (χ0) is 21.4. The van der Waals surface area contributed by atoms with Crippen molar-refractivity contribution in [3.8, 4) is 11.6 Å². The first-order valence-corrected chi connectivity index (χ1v) is 10.1. The van der Waals surface area contributed by atoms with Crippen LogP contribution in [0.2, 0.25) is 5.02 Å². The van der Waals surface area contributed by atoms with Gasteiger partial charge in [-0.25, -0.2) is 15.0 Å². The van der Waals surface area contributed by atoms with Gasteiger partial charge in [0.25, 0.3) is 0 Å². The van der Waals surface area contributed by atoms with E-state index < -0.39 is 0 Å². The lowest BCUT2D eigenvalue weighted by molar-refractivity contribution is 0.101. The Hall–Kier alpha value is -3.77. The van der Waals surface area contributed by atoms with Crippen LogP contribution >= 0.6 is 11.6 Å². The summed E-state index contributed by atoms with van der Waals surface area (Å²) in [5.41, 5.74) is 4.07. The summed E-state index contributed by atoms with van der Waals surface area (Å²) in [6.45, 7) is 2.57. The van der Waals surface area contributed by atoms with Crippen LogP contribution in [0.3, 0.4) is 0 Å². The maximum atomic E-state index is 13.4. The maximum absolute atomic E-state index is 13.4. The number of carbonyl (C=O) groups excluding carboxylic acids is 1. The van der Waals surface area contributed by atoms with Crippen LogP contribution in [-0.4, -0.2) is 25.3 Å². The molecule has 6 nitrogen and oxygen atoms in total. The Bertz CT molecular complexity index is 1390. The van der Waals surface area contributed by atoms with Crippen molar-refractivity contribution in [1.82, 2.24) is 19.5 Å². The smallest absolute Gasteiger partial charge is 0.245 e. The van der Waals surface area contributed by atoms with E-state index in [2.05, 4.69) is 19.5 Å². The highest BCUT2D eigenvalue weighted by atomic mass is 35.5. The fourth-order valence-corrected chi connectivity index (χ4v) is 3.86. The predicted molar refractivity (Wildman–Crippen MR) is 118 cm³/mol. The molecule has 0 aliphatic rings.